The van der Waals surface area contributed by atoms with Gasteiger partial charge in [0.25, 0.3) is 5.91 Å². The molecule has 1 aliphatic carbocycles. The van der Waals surface area contributed by atoms with Crippen LogP contribution < -0.4 is 5.32 Å². The zero-order valence-corrected chi connectivity index (χ0v) is 23.4. The Balaban J connectivity index is 1.29. The van der Waals surface area contributed by atoms with Crippen molar-refractivity contribution in [1.82, 2.24) is 19.4 Å². The van der Waals surface area contributed by atoms with E-state index in [1.807, 2.05) is 37.6 Å². The lowest BCUT2D eigenvalue weighted by Crippen LogP contribution is -2.21. The van der Waals surface area contributed by atoms with Crippen molar-refractivity contribution < 1.29 is 4.79 Å². The van der Waals surface area contributed by atoms with Gasteiger partial charge in [-0.2, -0.15) is 0 Å². The lowest BCUT2D eigenvalue weighted by atomic mass is 9.91. The number of pyridine rings is 2. The van der Waals surface area contributed by atoms with Crippen molar-refractivity contribution in [2.45, 2.75) is 38.5 Å². The zero-order valence-electron chi connectivity index (χ0n) is 23.4. The lowest BCUT2D eigenvalue weighted by molar-refractivity contribution is 0.0827. The highest BCUT2D eigenvalue weighted by Crippen LogP contribution is 2.31. The average Bonchev–Trinajstić information content (AvgIpc) is 3.27. The van der Waals surface area contributed by atoms with Gasteiger partial charge in [0.1, 0.15) is 11.5 Å². The second kappa shape index (κ2) is 11.7. The minimum Gasteiger partial charge on any atom is -0.373 e. The molecule has 0 atom stereocenters. The number of nitrogens with one attached hydrogen (secondary N) is 1. The van der Waals surface area contributed by atoms with Gasteiger partial charge < -0.3 is 14.8 Å². The third-order valence-electron chi connectivity index (χ3n) is 7.67. The molecule has 0 radical (unpaired) electrons. The molecule has 0 bridgehead atoms. The number of rotatable bonds is 6. The van der Waals surface area contributed by atoms with Crippen molar-refractivity contribution >= 4 is 28.3 Å². The number of carbonyl (C=O) groups excluding carboxylic acids is 1. The van der Waals surface area contributed by atoms with Crippen molar-refractivity contribution in [1.29, 1.82) is 0 Å². The molecule has 0 aliphatic heterocycles. The summed E-state index contributed by atoms with van der Waals surface area (Å²) in [6.45, 7) is 0. The van der Waals surface area contributed by atoms with Gasteiger partial charge in [-0.25, -0.2) is 9.97 Å². The molecule has 5 rings (SSSR count). The maximum atomic E-state index is 12.2. The van der Waals surface area contributed by atoms with E-state index in [-0.39, 0.29) is 5.91 Å². The number of aromatic nitrogens is 3. The van der Waals surface area contributed by atoms with Crippen LogP contribution in [0.15, 0.2) is 78.6 Å². The van der Waals surface area contributed by atoms with E-state index in [0.29, 0.717) is 0 Å². The molecule has 200 valence electrons. The summed E-state index contributed by atoms with van der Waals surface area (Å²) in [6, 6.07) is 16.5. The molecule has 0 saturated heterocycles. The van der Waals surface area contributed by atoms with Crippen LogP contribution in [0.3, 0.4) is 0 Å². The quantitative estimate of drug-likeness (QED) is 0.282. The smallest absolute Gasteiger partial charge is 0.253 e. The summed E-state index contributed by atoms with van der Waals surface area (Å²) in [5.74, 6) is 0.904. The maximum absolute atomic E-state index is 12.2. The number of nitrogens with zero attached hydrogens (tertiary/aromatic N) is 4. The first-order valence-electron chi connectivity index (χ1n) is 13.7. The van der Waals surface area contributed by atoms with E-state index in [9.17, 15) is 4.79 Å². The van der Waals surface area contributed by atoms with Gasteiger partial charge in [-0.05, 0) is 85.2 Å². The third-order valence-corrected chi connectivity index (χ3v) is 7.67. The summed E-state index contributed by atoms with van der Waals surface area (Å²) >= 11 is 0. The number of amides is 1. The molecule has 0 fully saturated rings. The van der Waals surface area contributed by atoms with E-state index >= 15 is 0 Å². The van der Waals surface area contributed by atoms with Crippen LogP contribution in [0.1, 0.15) is 53.7 Å². The summed E-state index contributed by atoms with van der Waals surface area (Å²) in [6.07, 6.45) is 14.9. The van der Waals surface area contributed by atoms with Crippen molar-refractivity contribution in [2.75, 3.05) is 26.5 Å². The molecule has 1 aliphatic rings. The third kappa shape index (κ3) is 5.80. The van der Waals surface area contributed by atoms with Gasteiger partial charge in [-0.3, -0.25) is 4.79 Å². The Labute approximate surface area is 231 Å². The van der Waals surface area contributed by atoms with E-state index in [2.05, 4.69) is 69.4 Å². The van der Waals surface area contributed by atoms with Crippen LogP contribution in [-0.2, 0) is 13.5 Å². The molecule has 6 nitrogen and oxygen atoms in total. The van der Waals surface area contributed by atoms with Gasteiger partial charge in [0, 0.05) is 69.2 Å². The van der Waals surface area contributed by atoms with Crippen molar-refractivity contribution in [3.05, 3.63) is 95.5 Å². The van der Waals surface area contributed by atoms with Crippen molar-refractivity contribution in [2.24, 2.45) is 7.05 Å². The lowest BCUT2D eigenvalue weighted by Gasteiger charge is -2.15. The Bertz CT molecular complexity index is 1530. The molecule has 1 amide bonds. The fourth-order valence-corrected chi connectivity index (χ4v) is 5.38. The molecule has 6 heteroatoms. The first-order chi connectivity index (χ1) is 18.9. The molecule has 0 saturated carbocycles. The number of carbonyl (C=O) groups is 1. The SMILES string of the molecule is CNc1ccc(-c2ccnc3c2cc(C/C=C2\CCC=C(c4ccc(C(=O)N(C)C)cc4)CCC2)n3C)cn1. The van der Waals surface area contributed by atoms with Crippen LogP contribution in [0.5, 0.6) is 0 Å². The van der Waals surface area contributed by atoms with E-state index < -0.39 is 0 Å². The second-order valence-corrected chi connectivity index (χ2v) is 10.4. The maximum Gasteiger partial charge on any atom is 0.253 e. The number of hydrogen-bond acceptors (Lipinski definition) is 4. The zero-order chi connectivity index (χ0) is 27.4. The standard InChI is InChI=1S/C33H37N5O/c1-34-31-18-16-27(22-36-31)29-19-20-35-32-30(29)21-28(38(32)4)17-11-23-7-5-9-24(10-6-8-23)25-12-14-26(15-13-25)33(39)37(2)3/h9,11-16,18-22H,5-8,10,17H2,1-4H3,(H,34,36)/b23-11+,24-9?. The van der Waals surface area contributed by atoms with Gasteiger partial charge in [0.05, 0.1) is 0 Å². The Morgan fingerprint density at radius 1 is 1.03 bits per heavy atom. The Morgan fingerprint density at radius 2 is 1.82 bits per heavy atom. The van der Waals surface area contributed by atoms with Gasteiger partial charge in [-0.15, -0.1) is 0 Å². The molecule has 1 aromatic carbocycles. The molecular weight excluding hydrogens is 482 g/mol. The summed E-state index contributed by atoms with van der Waals surface area (Å²) in [5.41, 5.74) is 9.41. The summed E-state index contributed by atoms with van der Waals surface area (Å²) in [4.78, 5) is 23.0. The Kier molecular flexibility index (Phi) is 7.92. The molecule has 3 heterocycles. The summed E-state index contributed by atoms with van der Waals surface area (Å²) in [5, 5.41) is 4.24. The minimum atomic E-state index is 0.0429. The van der Waals surface area contributed by atoms with Crippen LogP contribution in [0, 0.1) is 0 Å². The number of allylic oxidation sites excluding steroid dienone is 4. The van der Waals surface area contributed by atoms with Crippen LogP contribution in [0.2, 0.25) is 0 Å². The molecule has 4 aromatic rings. The highest BCUT2D eigenvalue weighted by atomic mass is 16.2. The highest BCUT2D eigenvalue weighted by Gasteiger charge is 2.13. The first kappa shape index (κ1) is 26.4. The van der Waals surface area contributed by atoms with E-state index in [1.165, 1.54) is 22.4 Å². The average molecular weight is 520 g/mol. The van der Waals surface area contributed by atoms with Crippen LogP contribution >= 0.6 is 0 Å². The van der Waals surface area contributed by atoms with Crippen LogP contribution in [-0.4, -0.2) is 46.5 Å². The van der Waals surface area contributed by atoms with Gasteiger partial charge in [-0.1, -0.05) is 29.9 Å². The molecule has 39 heavy (non-hydrogen) atoms. The number of fused-ring (bicyclic) bond motifs is 1. The number of anilines is 1. The van der Waals surface area contributed by atoms with E-state index in [4.69, 9.17) is 0 Å². The molecule has 0 spiro atoms. The fourth-order valence-electron chi connectivity index (χ4n) is 5.38. The van der Waals surface area contributed by atoms with Crippen molar-refractivity contribution in [3.63, 3.8) is 0 Å². The largest absolute Gasteiger partial charge is 0.373 e. The highest BCUT2D eigenvalue weighted by molar-refractivity contribution is 5.94. The van der Waals surface area contributed by atoms with Gasteiger partial charge in [0.15, 0.2) is 0 Å². The van der Waals surface area contributed by atoms with E-state index in [1.54, 1.807) is 19.0 Å². The first-order valence-corrected chi connectivity index (χ1v) is 13.7. The molecule has 1 N–H and O–H groups in total. The molecule has 0 unspecified atom stereocenters. The summed E-state index contributed by atoms with van der Waals surface area (Å²) in [7, 11) is 7.56. The normalized spacial score (nSPS) is 15.1. The number of aryl methyl sites for hydroxylation is 1. The Morgan fingerprint density at radius 3 is 2.54 bits per heavy atom. The minimum absolute atomic E-state index is 0.0429. The van der Waals surface area contributed by atoms with E-state index in [0.717, 1.165) is 72.1 Å². The Hall–Kier alpha value is -4.19. The van der Waals surface area contributed by atoms with Gasteiger partial charge >= 0.3 is 0 Å². The monoisotopic (exact) mass is 519 g/mol. The number of benzene rings is 1. The van der Waals surface area contributed by atoms with Crippen LogP contribution in [0.25, 0.3) is 27.7 Å². The topological polar surface area (TPSA) is 63.1 Å². The summed E-state index contributed by atoms with van der Waals surface area (Å²) < 4.78 is 2.22. The van der Waals surface area contributed by atoms with Crippen molar-refractivity contribution in [3.8, 4) is 11.1 Å². The van der Waals surface area contributed by atoms with Crippen LogP contribution in [0.4, 0.5) is 5.82 Å². The predicted octanol–water partition coefficient (Wildman–Crippen LogP) is 6.90. The predicted molar refractivity (Wildman–Crippen MR) is 161 cm³/mol. The molecular formula is C33H37N5O. The fraction of sp³-hybridized carbons (Fsp3) is 0.303. The second-order valence-electron chi connectivity index (χ2n) is 10.4. The van der Waals surface area contributed by atoms with Gasteiger partial charge in [0.2, 0.25) is 0 Å². The molecule has 3 aromatic heterocycles. The number of hydrogen-bond donors (Lipinski definition) is 1.